The van der Waals surface area contributed by atoms with Gasteiger partial charge >= 0.3 is 0 Å². The molecule has 0 aromatic carbocycles. The van der Waals surface area contributed by atoms with Crippen molar-refractivity contribution >= 4 is 17.7 Å². The minimum absolute atomic E-state index is 0.0224. The van der Waals surface area contributed by atoms with E-state index >= 15 is 0 Å². The van der Waals surface area contributed by atoms with Crippen molar-refractivity contribution in [2.45, 2.75) is 25.5 Å². The van der Waals surface area contributed by atoms with Gasteiger partial charge in [-0.3, -0.25) is 14.2 Å². The highest BCUT2D eigenvalue weighted by Gasteiger charge is 2.31. The minimum atomic E-state index is -0.119. The molecule has 1 saturated heterocycles. The number of carbonyl (C=O) groups is 1. The molecule has 0 spiro atoms. The van der Waals surface area contributed by atoms with E-state index in [0.717, 1.165) is 37.9 Å². The Morgan fingerprint density at radius 2 is 2.09 bits per heavy atom. The van der Waals surface area contributed by atoms with Crippen LogP contribution in [0.3, 0.4) is 0 Å². The monoisotopic (exact) mass is 322 g/mol. The second kappa shape index (κ2) is 6.42. The number of hydrogen-bond acceptors (Lipinski definition) is 5. The van der Waals surface area contributed by atoms with Gasteiger partial charge in [0.1, 0.15) is 0 Å². The summed E-state index contributed by atoms with van der Waals surface area (Å²) in [6.45, 7) is 8.89. The number of likely N-dealkylation sites (N-methyl/N-ethyl adjacent to an activating group) is 1. The number of hydrogen-bond donors (Lipinski definition) is 0. The molecule has 1 aromatic heterocycles. The van der Waals surface area contributed by atoms with Crippen molar-refractivity contribution in [3.05, 3.63) is 22.1 Å². The van der Waals surface area contributed by atoms with Crippen molar-refractivity contribution in [1.82, 2.24) is 19.4 Å². The zero-order chi connectivity index (χ0) is 15.7. The maximum absolute atomic E-state index is 12.7. The molecule has 1 fully saturated rings. The fourth-order valence-electron chi connectivity index (χ4n) is 2.99. The first-order chi connectivity index (χ1) is 10.6. The standard InChI is InChI=1S/C15H22N4O2S/c1-3-17-4-6-18(7-5-17)14(21)12-9-19-13(20)11(2)8-16-15(19)22-10-12/h8,12H,3-7,9-10H2,1-2H3. The number of amides is 1. The van der Waals surface area contributed by atoms with Gasteiger partial charge in [0.05, 0.1) is 5.92 Å². The Balaban J connectivity index is 1.71. The zero-order valence-corrected chi connectivity index (χ0v) is 13.9. The SMILES string of the molecule is CCN1CCN(C(=O)C2CSc3ncc(C)c(=O)n3C2)CC1. The van der Waals surface area contributed by atoms with E-state index in [1.54, 1.807) is 17.7 Å². The Kier molecular flexibility index (Phi) is 4.54. The van der Waals surface area contributed by atoms with E-state index in [1.165, 1.54) is 11.8 Å². The second-order valence-electron chi connectivity index (χ2n) is 5.91. The van der Waals surface area contributed by atoms with E-state index in [1.807, 2.05) is 4.90 Å². The van der Waals surface area contributed by atoms with Gasteiger partial charge in [-0.15, -0.1) is 0 Å². The molecule has 1 unspecified atom stereocenters. The first-order valence-electron chi connectivity index (χ1n) is 7.80. The van der Waals surface area contributed by atoms with Crippen LogP contribution in [0.25, 0.3) is 0 Å². The summed E-state index contributed by atoms with van der Waals surface area (Å²) in [7, 11) is 0. The molecule has 1 aromatic rings. The van der Waals surface area contributed by atoms with Crippen LogP contribution >= 0.6 is 11.8 Å². The van der Waals surface area contributed by atoms with Gasteiger partial charge in [-0.25, -0.2) is 4.98 Å². The summed E-state index contributed by atoms with van der Waals surface area (Å²) in [4.78, 5) is 33.5. The predicted molar refractivity (Wildman–Crippen MR) is 86.1 cm³/mol. The van der Waals surface area contributed by atoms with Crippen molar-refractivity contribution in [2.24, 2.45) is 5.92 Å². The molecule has 0 saturated carbocycles. The Morgan fingerprint density at radius 3 is 2.77 bits per heavy atom. The Bertz CT molecular complexity index is 622. The third-order valence-corrected chi connectivity index (χ3v) is 5.63. The molecule has 0 N–H and O–H groups in total. The van der Waals surface area contributed by atoms with Crippen LogP contribution in [0.4, 0.5) is 0 Å². The second-order valence-corrected chi connectivity index (χ2v) is 6.89. The molecular formula is C15H22N4O2S. The highest BCUT2D eigenvalue weighted by atomic mass is 32.2. The van der Waals surface area contributed by atoms with Crippen LogP contribution in [0.15, 0.2) is 16.1 Å². The maximum atomic E-state index is 12.7. The van der Waals surface area contributed by atoms with Crippen LogP contribution in [0.2, 0.25) is 0 Å². The lowest BCUT2D eigenvalue weighted by Crippen LogP contribution is -2.51. The molecule has 3 heterocycles. The van der Waals surface area contributed by atoms with Gasteiger partial charge in [0.25, 0.3) is 5.56 Å². The Morgan fingerprint density at radius 1 is 1.36 bits per heavy atom. The van der Waals surface area contributed by atoms with Gasteiger partial charge in [-0.1, -0.05) is 18.7 Å². The highest BCUT2D eigenvalue weighted by molar-refractivity contribution is 7.99. The molecule has 3 rings (SSSR count). The van der Waals surface area contributed by atoms with E-state index in [9.17, 15) is 9.59 Å². The van der Waals surface area contributed by atoms with Crippen LogP contribution in [0, 0.1) is 12.8 Å². The largest absolute Gasteiger partial charge is 0.340 e. The highest BCUT2D eigenvalue weighted by Crippen LogP contribution is 2.26. The van der Waals surface area contributed by atoms with E-state index in [4.69, 9.17) is 0 Å². The lowest BCUT2D eigenvalue weighted by atomic mass is 10.1. The summed E-state index contributed by atoms with van der Waals surface area (Å²) in [5.41, 5.74) is 0.611. The van der Waals surface area contributed by atoms with Gasteiger partial charge in [-0.2, -0.15) is 0 Å². The number of piperazine rings is 1. The molecule has 0 aliphatic carbocycles. The molecule has 6 nitrogen and oxygen atoms in total. The van der Waals surface area contributed by atoms with Crippen LogP contribution in [-0.2, 0) is 11.3 Å². The number of thioether (sulfide) groups is 1. The first kappa shape index (κ1) is 15.6. The Labute approximate surface area is 134 Å². The fourth-order valence-corrected chi connectivity index (χ4v) is 4.03. The van der Waals surface area contributed by atoms with Gasteiger partial charge in [-0.05, 0) is 13.5 Å². The lowest BCUT2D eigenvalue weighted by Gasteiger charge is -2.36. The van der Waals surface area contributed by atoms with Gasteiger partial charge in [0.2, 0.25) is 5.91 Å². The van der Waals surface area contributed by atoms with Crippen molar-refractivity contribution in [2.75, 3.05) is 38.5 Å². The average Bonchev–Trinajstić information content (AvgIpc) is 2.57. The maximum Gasteiger partial charge on any atom is 0.257 e. The van der Waals surface area contributed by atoms with E-state index in [0.29, 0.717) is 17.9 Å². The van der Waals surface area contributed by atoms with Crippen molar-refractivity contribution in [3.63, 3.8) is 0 Å². The fraction of sp³-hybridized carbons (Fsp3) is 0.667. The predicted octanol–water partition coefficient (Wildman–Crippen LogP) is 0.438. The average molecular weight is 322 g/mol. The summed E-state index contributed by atoms with van der Waals surface area (Å²) < 4.78 is 1.66. The van der Waals surface area contributed by atoms with Gasteiger partial charge in [0.15, 0.2) is 5.16 Å². The quantitative estimate of drug-likeness (QED) is 0.740. The minimum Gasteiger partial charge on any atom is -0.340 e. The lowest BCUT2D eigenvalue weighted by molar-refractivity contribution is -0.137. The molecule has 1 atom stereocenters. The molecule has 2 aliphatic heterocycles. The van der Waals surface area contributed by atoms with Gasteiger partial charge < -0.3 is 9.80 Å². The van der Waals surface area contributed by atoms with E-state index < -0.39 is 0 Å². The number of nitrogens with zero attached hydrogens (tertiary/aromatic N) is 4. The Hall–Kier alpha value is -1.34. The molecule has 22 heavy (non-hydrogen) atoms. The van der Waals surface area contributed by atoms with Crippen molar-refractivity contribution < 1.29 is 4.79 Å². The summed E-state index contributed by atoms with van der Waals surface area (Å²) in [5.74, 6) is 0.775. The van der Waals surface area contributed by atoms with Crippen LogP contribution in [0.5, 0.6) is 0 Å². The first-order valence-corrected chi connectivity index (χ1v) is 8.79. The van der Waals surface area contributed by atoms with Crippen LogP contribution in [-0.4, -0.2) is 63.7 Å². The summed E-state index contributed by atoms with van der Waals surface area (Å²) >= 11 is 1.51. The number of rotatable bonds is 2. The summed E-state index contributed by atoms with van der Waals surface area (Å²) in [5, 5.41) is 0.732. The normalized spacial score (nSPS) is 22.5. The number of fused-ring (bicyclic) bond motifs is 1. The van der Waals surface area contributed by atoms with Crippen LogP contribution < -0.4 is 5.56 Å². The number of carbonyl (C=O) groups excluding carboxylic acids is 1. The van der Waals surface area contributed by atoms with Crippen molar-refractivity contribution in [3.8, 4) is 0 Å². The molecular weight excluding hydrogens is 300 g/mol. The molecule has 7 heteroatoms. The molecule has 0 radical (unpaired) electrons. The summed E-state index contributed by atoms with van der Waals surface area (Å²) in [6, 6.07) is 0. The van der Waals surface area contributed by atoms with Gasteiger partial charge in [0, 0.05) is 50.2 Å². The smallest absolute Gasteiger partial charge is 0.257 e. The van der Waals surface area contributed by atoms with Crippen molar-refractivity contribution in [1.29, 1.82) is 0 Å². The molecule has 0 bridgehead atoms. The zero-order valence-electron chi connectivity index (χ0n) is 13.1. The topological polar surface area (TPSA) is 58.4 Å². The molecule has 1 amide bonds. The van der Waals surface area contributed by atoms with E-state index in [-0.39, 0.29) is 17.4 Å². The van der Waals surface area contributed by atoms with E-state index in [2.05, 4.69) is 16.8 Å². The number of aryl methyl sites for hydroxylation is 1. The number of aromatic nitrogens is 2. The molecule has 2 aliphatic rings. The molecule has 120 valence electrons. The third-order valence-electron chi connectivity index (χ3n) is 4.48. The summed E-state index contributed by atoms with van der Waals surface area (Å²) in [6.07, 6.45) is 1.62. The van der Waals surface area contributed by atoms with Crippen LogP contribution in [0.1, 0.15) is 12.5 Å². The third kappa shape index (κ3) is 2.92.